The van der Waals surface area contributed by atoms with Crippen LogP contribution in [0.5, 0.6) is 5.75 Å². The van der Waals surface area contributed by atoms with Gasteiger partial charge in [0.1, 0.15) is 11.6 Å². The van der Waals surface area contributed by atoms with Crippen LogP contribution in [0.4, 0.5) is 17.6 Å². The molecule has 2 aromatic rings. The Balaban J connectivity index is 1.34. The highest BCUT2D eigenvalue weighted by molar-refractivity contribution is 6.30. The zero-order valence-electron chi connectivity index (χ0n) is 17.5. The van der Waals surface area contributed by atoms with Gasteiger partial charge in [-0.05, 0) is 44.2 Å². The fourth-order valence-corrected chi connectivity index (χ4v) is 4.63. The Kier molecular flexibility index (Phi) is 6.23. The number of carbonyl (C=O) groups excluding carboxylic acids is 2. The van der Waals surface area contributed by atoms with Crippen molar-refractivity contribution in [3.63, 3.8) is 0 Å². The lowest BCUT2D eigenvalue weighted by atomic mass is 9.60. The average molecular weight is 506 g/mol. The Bertz CT molecular complexity index is 1100. The number of benzene rings is 1. The van der Waals surface area contributed by atoms with Crippen LogP contribution in [0.25, 0.3) is 0 Å². The second-order valence-corrected chi connectivity index (χ2v) is 9.00. The van der Waals surface area contributed by atoms with Gasteiger partial charge in [0, 0.05) is 17.7 Å². The van der Waals surface area contributed by atoms with Crippen LogP contribution in [-0.4, -0.2) is 45.9 Å². The molecule has 1 aromatic heterocycles. The van der Waals surface area contributed by atoms with Crippen LogP contribution in [0, 0.1) is 5.82 Å². The van der Waals surface area contributed by atoms with E-state index in [2.05, 4.69) is 20.3 Å². The smallest absolute Gasteiger partial charge is 0.436 e. The topological polar surface area (TPSA) is 114 Å². The van der Waals surface area contributed by atoms with E-state index in [-0.39, 0.29) is 17.2 Å². The number of ether oxygens (including phenoxy) is 1. The summed E-state index contributed by atoms with van der Waals surface area (Å²) in [6, 6.07) is 4.28. The van der Waals surface area contributed by atoms with Gasteiger partial charge in [-0.25, -0.2) is 4.39 Å². The van der Waals surface area contributed by atoms with E-state index in [1.807, 2.05) is 0 Å². The fraction of sp³-hybridized carbons (Fsp3) is 0.476. The van der Waals surface area contributed by atoms with E-state index >= 15 is 0 Å². The number of amides is 2. The van der Waals surface area contributed by atoms with Gasteiger partial charge in [-0.1, -0.05) is 16.8 Å². The van der Waals surface area contributed by atoms with Crippen LogP contribution in [0.2, 0.25) is 5.02 Å². The number of hydrogen-bond acceptors (Lipinski definition) is 6. The number of nitrogens with zero attached hydrogens (tertiary/aromatic N) is 1. The molecule has 3 aliphatic rings. The zero-order chi connectivity index (χ0) is 24.7. The molecule has 0 saturated heterocycles. The summed E-state index contributed by atoms with van der Waals surface area (Å²) < 4.78 is 61.4. The number of alkyl halides is 3. The maximum atomic E-state index is 13.5. The van der Waals surface area contributed by atoms with Gasteiger partial charge in [-0.2, -0.15) is 13.2 Å². The monoisotopic (exact) mass is 505 g/mol. The molecule has 34 heavy (non-hydrogen) atoms. The van der Waals surface area contributed by atoms with Crippen LogP contribution in [0.1, 0.15) is 48.4 Å². The maximum Gasteiger partial charge on any atom is 0.436 e. The van der Waals surface area contributed by atoms with Crippen LogP contribution in [0.3, 0.4) is 0 Å². The van der Waals surface area contributed by atoms with Crippen molar-refractivity contribution in [2.24, 2.45) is 0 Å². The van der Waals surface area contributed by atoms with E-state index < -0.39 is 59.1 Å². The van der Waals surface area contributed by atoms with E-state index in [0.29, 0.717) is 31.7 Å². The molecule has 0 aliphatic heterocycles. The molecule has 3 fully saturated rings. The third-order valence-electron chi connectivity index (χ3n) is 6.37. The number of aromatic nitrogens is 1. The molecule has 1 atom stereocenters. The molecule has 1 aromatic carbocycles. The highest BCUT2D eigenvalue weighted by Crippen LogP contribution is 2.47. The van der Waals surface area contributed by atoms with Crippen molar-refractivity contribution in [1.29, 1.82) is 0 Å². The molecule has 1 unspecified atom stereocenters. The quantitative estimate of drug-likeness (QED) is 0.520. The second-order valence-electron chi connectivity index (χ2n) is 8.60. The van der Waals surface area contributed by atoms with Gasteiger partial charge in [-0.15, -0.1) is 0 Å². The van der Waals surface area contributed by atoms with Gasteiger partial charge in [0.2, 0.25) is 5.76 Å². The second kappa shape index (κ2) is 8.73. The molecule has 3 N–H and O–H groups in total. The first kappa shape index (κ1) is 24.3. The third kappa shape index (κ3) is 4.83. The summed E-state index contributed by atoms with van der Waals surface area (Å²) in [6.45, 7) is -0.412. The number of nitrogens with one attached hydrogen (secondary N) is 2. The molecule has 3 aliphatic carbocycles. The largest absolute Gasteiger partial charge is 0.484 e. The lowest BCUT2D eigenvalue weighted by Crippen LogP contribution is -2.70. The highest BCUT2D eigenvalue weighted by Gasteiger charge is 2.55. The van der Waals surface area contributed by atoms with Gasteiger partial charge in [-0.3, -0.25) is 9.59 Å². The SMILES string of the molecule is O=C(COc1ccc(Cl)c(F)c1)NC12CCC(NC(=O)c3cc(C(F)(F)F)no3)(CC1)CC2O. The summed E-state index contributed by atoms with van der Waals surface area (Å²) >= 11 is 5.61. The van der Waals surface area contributed by atoms with Crippen molar-refractivity contribution in [3.05, 3.63) is 46.6 Å². The Morgan fingerprint density at radius 1 is 1.21 bits per heavy atom. The van der Waals surface area contributed by atoms with Crippen LogP contribution >= 0.6 is 11.6 Å². The van der Waals surface area contributed by atoms with Crippen LogP contribution in [-0.2, 0) is 11.0 Å². The Hall–Kier alpha value is -2.86. The number of aliphatic hydroxyl groups is 1. The molecule has 0 radical (unpaired) electrons. The van der Waals surface area contributed by atoms with E-state index in [1.165, 1.54) is 12.1 Å². The molecule has 3 saturated carbocycles. The first-order chi connectivity index (χ1) is 15.9. The van der Waals surface area contributed by atoms with Crippen molar-refractivity contribution in [2.45, 2.75) is 55.5 Å². The Labute approximate surface area is 195 Å². The number of halogens is 5. The van der Waals surface area contributed by atoms with Crippen molar-refractivity contribution < 1.29 is 41.5 Å². The molecule has 1 heterocycles. The maximum absolute atomic E-state index is 13.5. The third-order valence-corrected chi connectivity index (χ3v) is 6.68. The Morgan fingerprint density at radius 2 is 1.91 bits per heavy atom. The zero-order valence-corrected chi connectivity index (χ0v) is 18.3. The molecule has 2 amide bonds. The highest BCUT2D eigenvalue weighted by atomic mass is 35.5. The number of carbonyl (C=O) groups is 2. The first-order valence-corrected chi connectivity index (χ1v) is 10.7. The normalized spacial score (nSPS) is 26.2. The molecule has 8 nitrogen and oxygen atoms in total. The van der Waals surface area contributed by atoms with Crippen LogP contribution < -0.4 is 15.4 Å². The number of aliphatic hydroxyl groups excluding tert-OH is 1. The van der Waals surface area contributed by atoms with E-state index in [4.69, 9.17) is 16.3 Å². The molecule has 5 rings (SSSR count). The first-order valence-electron chi connectivity index (χ1n) is 10.3. The summed E-state index contributed by atoms with van der Waals surface area (Å²) in [5.74, 6) is -2.54. The van der Waals surface area contributed by atoms with Gasteiger partial charge in [0.05, 0.1) is 16.7 Å². The average Bonchev–Trinajstić information content (AvgIpc) is 3.27. The minimum absolute atomic E-state index is 0.0806. The van der Waals surface area contributed by atoms with Gasteiger partial charge in [0.25, 0.3) is 11.8 Å². The van der Waals surface area contributed by atoms with Crippen LogP contribution in [0.15, 0.2) is 28.8 Å². The van der Waals surface area contributed by atoms with Crippen molar-refractivity contribution in [2.75, 3.05) is 6.61 Å². The van der Waals surface area contributed by atoms with Gasteiger partial charge >= 0.3 is 6.18 Å². The van der Waals surface area contributed by atoms with E-state index in [1.54, 1.807) is 0 Å². The summed E-state index contributed by atoms with van der Waals surface area (Å²) in [5.41, 5.74) is -3.10. The van der Waals surface area contributed by atoms with Crippen molar-refractivity contribution in [1.82, 2.24) is 15.8 Å². The molecule has 0 spiro atoms. The predicted octanol–water partition coefficient (Wildman–Crippen LogP) is 3.23. The fourth-order valence-electron chi connectivity index (χ4n) is 4.51. The van der Waals surface area contributed by atoms with Crippen molar-refractivity contribution >= 4 is 23.4 Å². The van der Waals surface area contributed by atoms with Crippen molar-refractivity contribution in [3.8, 4) is 5.75 Å². The molecule has 13 heteroatoms. The standard InChI is InChI=1S/C21H20ClF4N3O5/c22-12-2-1-11(7-13(12)23)33-10-17(31)27-20-5-3-19(4-6-20,9-16(20)30)28-18(32)14-8-15(29-34-14)21(24,25)26/h1-2,7-8,16,30H,3-6,9-10H2,(H,27,31)(H,28,32). The molecule has 184 valence electrons. The number of fused-ring (bicyclic) bond motifs is 3. The Morgan fingerprint density at radius 3 is 2.50 bits per heavy atom. The molecule has 2 bridgehead atoms. The summed E-state index contributed by atoms with van der Waals surface area (Å²) in [7, 11) is 0. The molecular weight excluding hydrogens is 486 g/mol. The lowest BCUT2D eigenvalue weighted by molar-refractivity contribution is -0.142. The lowest BCUT2D eigenvalue weighted by Gasteiger charge is -2.56. The minimum Gasteiger partial charge on any atom is -0.484 e. The predicted molar refractivity (Wildman–Crippen MR) is 109 cm³/mol. The van der Waals surface area contributed by atoms with E-state index in [0.717, 1.165) is 6.07 Å². The van der Waals surface area contributed by atoms with Gasteiger partial charge in [0.15, 0.2) is 12.3 Å². The number of hydrogen-bond donors (Lipinski definition) is 3. The van der Waals surface area contributed by atoms with Gasteiger partial charge < -0.3 is 25.0 Å². The summed E-state index contributed by atoms with van der Waals surface area (Å²) in [5, 5.41) is 19.0. The number of rotatable bonds is 6. The molecular formula is C21H20ClF4N3O5. The summed E-state index contributed by atoms with van der Waals surface area (Å²) in [4.78, 5) is 24.9. The van der Waals surface area contributed by atoms with E-state index in [9.17, 15) is 32.3 Å². The minimum atomic E-state index is -4.74. The summed E-state index contributed by atoms with van der Waals surface area (Å²) in [6.07, 6.45) is -4.29.